The molecule has 3 nitrogen and oxygen atoms in total. The van der Waals surface area contributed by atoms with Crippen LogP contribution in [0.25, 0.3) is 0 Å². The molecule has 1 heterocycles. The minimum atomic E-state index is -0.0890. The molecule has 4 heteroatoms. The Kier molecular flexibility index (Phi) is 3.69. The van der Waals surface area contributed by atoms with Gasteiger partial charge in [-0.2, -0.15) is 0 Å². The summed E-state index contributed by atoms with van der Waals surface area (Å²) < 4.78 is 5.41. The van der Waals surface area contributed by atoms with E-state index in [0.29, 0.717) is 6.61 Å². The van der Waals surface area contributed by atoms with Gasteiger partial charge in [-0.3, -0.25) is 0 Å². The van der Waals surface area contributed by atoms with Crippen molar-refractivity contribution in [3.8, 4) is 0 Å². The van der Waals surface area contributed by atoms with Crippen LogP contribution in [0.4, 0.5) is 5.69 Å². The Balaban J connectivity index is 2.13. The highest BCUT2D eigenvalue weighted by atomic mass is 35.5. The fourth-order valence-electron chi connectivity index (χ4n) is 1.84. The van der Waals surface area contributed by atoms with Crippen molar-refractivity contribution in [2.24, 2.45) is 0 Å². The Bertz CT molecular complexity index is 370. The summed E-state index contributed by atoms with van der Waals surface area (Å²) in [6.45, 7) is 4.26. The molecule has 1 unspecified atom stereocenters. The van der Waals surface area contributed by atoms with Gasteiger partial charge in [-0.05, 0) is 24.6 Å². The van der Waals surface area contributed by atoms with Gasteiger partial charge in [-0.25, -0.2) is 0 Å². The normalized spacial score (nSPS) is 21.2. The third-order valence-corrected chi connectivity index (χ3v) is 3.27. The third-order valence-electron chi connectivity index (χ3n) is 2.86. The quantitative estimate of drug-likeness (QED) is 0.858. The second-order valence-electron chi connectivity index (χ2n) is 4.05. The van der Waals surface area contributed by atoms with Crippen LogP contribution in [0.2, 0.25) is 5.02 Å². The number of benzene rings is 1. The lowest BCUT2D eigenvalue weighted by Gasteiger charge is -2.33. The fourth-order valence-corrected chi connectivity index (χ4v) is 2.02. The van der Waals surface area contributed by atoms with Gasteiger partial charge in [0.15, 0.2) is 0 Å². The molecule has 0 aliphatic carbocycles. The molecule has 0 radical (unpaired) electrons. The zero-order valence-corrected chi connectivity index (χ0v) is 10.1. The highest BCUT2D eigenvalue weighted by Gasteiger charge is 2.20. The van der Waals surface area contributed by atoms with Gasteiger partial charge >= 0.3 is 0 Å². The van der Waals surface area contributed by atoms with Crippen molar-refractivity contribution >= 4 is 17.3 Å². The van der Waals surface area contributed by atoms with Crippen LogP contribution in [0, 0.1) is 6.92 Å². The van der Waals surface area contributed by atoms with E-state index in [1.54, 1.807) is 0 Å². The van der Waals surface area contributed by atoms with Gasteiger partial charge in [-0.15, -0.1) is 0 Å². The Labute approximate surface area is 101 Å². The number of rotatable bonds is 2. The molecule has 1 fully saturated rings. The Hall–Kier alpha value is -0.770. The number of aliphatic hydroxyl groups is 1. The highest BCUT2D eigenvalue weighted by molar-refractivity contribution is 6.31. The number of ether oxygens (including phenoxy) is 1. The van der Waals surface area contributed by atoms with E-state index in [1.165, 1.54) is 0 Å². The standard InChI is InChI=1S/C12H16ClNO2/c1-9-2-3-10(6-12(9)13)14-4-5-16-11(7-14)8-15/h2-3,6,11,15H,4-5,7-8H2,1H3. The molecule has 0 spiro atoms. The SMILES string of the molecule is Cc1ccc(N2CCOC(CO)C2)cc1Cl. The summed E-state index contributed by atoms with van der Waals surface area (Å²) in [5.41, 5.74) is 2.18. The summed E-state index contributed by atoms with van der Waals surface area (Å²) in [5, 5.41) is 9.86. The minimum absolute atomic E-state index is 0.0656. The number of morpholine rings is 1. The Morgan fingerprint density at radius 3 is 3.06 bits per heavy atom. The van der Waals surface area contributed by atoms with Crippen LogP contribution in [0.3, 0.4) is 0 Å². The summed E-state index contributed by atoms with van der Waals surface area (Å²) in [4.78, 5) is 2.19. The molecule has 1 aliphatic rings. The minimum Gasteiger partial charge on any atom is -0.394 e. The van der Waals surface area contributed by atoms with E-state index in [0.717, 1.165) is 29.4 Å². The van der Waals surface area contributed by atoms with E-state index in [9.17, 15) is 0 Å². The summed E-state index contributed by atoms with van der Waals surface area (Å²) in [6, 6.07) is 6.04. The van der Waals surface area contributed by atoms with Crippen LogP contribution in [0.1, 0.15) is 5.56 Å². The van der Waals surface area contributed by atoms with Gasteiger partial charge in [0.1, 0.15) is 0 Å². The van der Waals surface area contributed by atoms with Crippen LogP contribution in [0.15, 0.2) is 18.2 Å². The van der Waals surface area contributed by atoms with Crippen LogP contribution < -0.4 is 4.90 Å². The Morgan fingerprint density at radius 2 is 2.38 bits per heavy atom. The average Bonchev–Trinajstić information content (AvgIpc) is 2.33. The number of hydrogen-bond donors (Lipinski definition) is 1. The van der Waals surface area contributed by atoms with E-state index >= 15 is 0 Å². The zero-order valence-electron chi connectivity index (χ0n) is 9.32. The van der Waals surface area contributed by atoms with E-state index in [1.807, 2.05) is 19.1 Å². The molecule has 1 saturated heterocycles. The number of aryl methyl sites for hydroxylation is 1. The second-order valence-corrected chi connectivity index (χ2v) is 4.46. The van der Waals surface area contributed by atoms with Crippen molar-refractivity contribution in [3.05, 3.63) is 28.8 Å². The maximum Gasteiger partial charge on any atom is 0.0980 e. The summed E-state index contributed by atoms with van der Waals surface area (Å²) in [7, 11) is 0. The molecule has 1 N–H and O–H groups in total. The average molecular weight is 242 g/mol. The first-order valence-electron chi connectivity index (χ1n) is 5.44. The van der Waals surface area contributed by atoms with Gasteiger partial charge in [0.2, 0.25) is 0 Å². The molecule has 0 amide bonds. The monoisotopic (exact) mass is 241 g/mol. The molecule has 16 heavy (non-hydrogen) atoms. The van der Waals surface area contributed by atoms with Crippen molar-refractivity contribution in [1.29, 1.82) is 0 Å². The van der Waals surface area contributed by atoms with Crippen molar-refractivity contribution in [2.75, 3.05) is 31.2 Å². The maximum atomic E-state index is 9.08. The second kappa shape index (κ2) is 5.04. The molecule has 2 rings (SSSR count). The first-order chi connectivity index (χ1) is 7.70. The first kappa shape index (κ1) is 11.7. The topological polar surface area (TPSA) is 32.7 Å². The van der Waals surface area contributed by atoms with Crippen molar-refractivity contribution < 1.29 is 9.84 Å². The lowest BCUT2D eigenvalue weighted by molar-refractivity contribution is 0.00357. The number of anilines is 1. The maximum absolute atomic E-state index is 9.08. The van der Waals surface area contributed by atoms with Crippen LogP contribution in [0.5, 0.6) is 0 Å². The van der Waals surface area contributed by atoms with Crippen LogP contribution in [-0.2, 0) is 4.74 Å². The van der Waals surface area contributed by atoms with Crippen LogP contribution in [-0.4, -0.2) is 37.5 Å². The third kappa shape index (κ3) is 2.48. The van der Waals surface area contributed by atoms with Gasteiger partial charge in [0.25, 0.3) is 0 Å². The van der Waals surface area contributed by atoms with Crippen molar-refractivity contribution in [3.63, 3.8) is 0 Å². The summed E-state index contributed by atoms with van der Waals surface area (Å²) in [6.07, 6.45) is -0.0890. The van der Waals surface area contributed by atoms with E-state index in [2.05, 4.69) is 11.0 Å². The smallest absolute Gasteiger partial charge is 0.0980 e. The van der Waals surface area contributed by atoms with Gasteiger partial charge in [0, 0.05) is 23.8 Å². The number of halogens is 1. The van der Waals surface area contributed by atoms with Gasteiger partial charge < -0.3 is 14.7 Å². The highest BCUT2D eigenvalue weighted by Crippen LogP contribution is 2.24. The lowest BCUT2D eigenvalue weighted by Crippen LogP contribution is -2.44. The predicted molar refractivity (Wildman–Crippen MR) is 65.2 cm³/mol. The van der Waals surface area contributed by atoms with E-state index < -0.39 is 0 Å². The molecule has 1 aromatic carbocycles. The molecule has 1 atom stereocenters. The predicted octanol–water partition coefficient (Wildman–Crippen LogP) is 1.85. The van der Waals surface area contributed by atoms with Crippen LogP contribution >= 0.6 is 11.6 Å². The van der Waals surface area contributed by atoms with Gasteiger partial charge in [-0.1, -0.05) is 17.7 Å². The van der Waals surface area contributed by atoms with Crippen molar-refractivity contribution in [2.45, 2.75) is 13.0 Å². The van der Waals surface area contributed by atoms with E-state index in [4.69, 9.17) is 21.4 Å². The van der Waals surface area contributed by atoms with Crippen molar-refractivity contribution in [1.82, 2.24) is 0 Å². The molecule has 1 aliphatic heterocycles. The molecule has 0 saturated carbocycles. The Morgan fingerprint density at radius 1 is 1.56 bits per heavy atom. The summed E-state index contributed by atoms with van der Waals surface area (Å²) >= 11 is 6.10. The number of hydrogen-bond acceptors (Lipinski definition) is 3. The number of nitrogens with zero attached hydrogens (tertiary/aromatic N) is 1. The molecular weight excluding hydrogens is 226 g/mol. The fraction of sp³-hybridized carbons (Fsp3) is 0.500. The summed E-state index contributed by atoms with van der Waals surface area (Å²) in [5.74, 6) is 0. The molecule has 88 valence electrons. The van der Waals surface area contributed by atoms with E-state index in [-0.39, 0.29) is 12.7 Å². The lowest BCUT2D eigenvalue weighted by atomic mass is 10.2. The van der Waals surface area contributed by atoms with Gasteiger partial charge in [0.05, 0.1) is 19.3 Å². The molecule has 1 aromatic rings. The number of aliphatic hydroxyl groups excluding tert-OH is 1. The molecule has 0 bridgehead atoms. The molecular formula is C12H16ClNO2. The largest absolute Gasteiger partial charge is 0.394 e. The zero-order chi connectivity index (χ0) is 11.5. The first-order valence-corrected chi connectivity index (χ1v) is 5.82. The molecule has 0 aromatic heterocycles.